The largest absolute Gasteiger partial charge is 0.291 e. The first-order valence-electron chi connectivity index (χ1n) is 8.11. The lowest BCUT2D eigenvalue weighted by Crippen LogP contribution is -2.14. The van der Waals surface area contributed by atoms with Crippen LogP contribution in [0.5, 0.6) is 0 Å². The summed E-state index contributed by atoms with van der Waals surface area (Å²) in [7, 11) is -3.76. The van der Waals surface area contributed by atoms with Crippen LogP contribution >= 0.6 is 11.6 Å². The highest BCUT2D eigenvalue weighted by Crippen LogP contribution is 2.26. The second-order valence-corrected chi connectivity index (χ2v) is 8.14. The summed E-state index contributed by atoms with van der Waals surface area (Å²) in [5.41, 5.74) is 2.54. The van der Waals surface area contributed by atoms with Gasteiger partial charge in [-0.25, -0.2) is 18.4 Å². The number of sulfonamides is 1. The Hall–Kier alpha value is -2.90. The molecule has 27 heavy (non-hydrogen) atoms. The summed E-state index contributed by atoms with van der Waals surface area (Å²) in [4.78, 5) is 8.81. The summed E-state index contributed by atoms with van der Waals surface area (Å²) >= 11 is 5.96. The fraction of sp³-hybridized carbons (Fsp3) is 0.0526. The zero-order valence-corrected chi connectivity index (χ0v) is 15.9. The smallest absolute Gasteiger partial charge is 0.262 e. The summed E-state index contributed by atoms with van der Waals surface area (Å²) in [6.45, 7) is 1.73. The molecule has 4 rings (SSSR count). The SMILES string of the molecule is Cc1ccc(Cl)cc1S(=O)(=O)Nc1cccc(-c2cn3cccnc3n2)c1. The molecule has 0 atom stereocenters. The van der Waals surface area contributed by atoms with E-state index in [1.807, 2.05) is 28.9 Å². The van der Waals surface area contributed by atoms with E-state index in [0.29, 0.717) is 27.7 Å². The molecular weight excluding hydrogens is 384 g/mol. The van der Waals surface area contributed by atoms with Crippen LogP contribution in [0.15, 0.2) is 72.0 Å². The highest BCUT2D eigenvalue weighted by Gasteiger charge is 2.18. The molecule has 0 aliphatic heterocycles. The number of aromatic nitrogens is 3. The number of rotatable bonds is 4. The predicted molar refractivity (Wildman–Crippen MR) is 105 cm³/mol. The van der Waals surface area contributed by atoms with E-state index < -0.39 is 10.0 Å². The molecule has 136 valence electrons. The second-order valence-electron chi connectivity index (χ2n) is 6.05. The van der Waals surface area contributed by atoms with E-state index in [0.717, 1.165) is 5.56 Å². The molecule has 1 N–H and O–H groups in total. The molecule has 0 unspecified atom stereocenters. The zero-order valence-electron chi connectivity index (χ0n) is 14.3. The first-order chi connectivity index (χ1) is 12.9. The highest BCUT2D eigenvalue weighted by molar-refractivity contribution is 7.92. The van der Waals surface area contributed by atoms with Gasteiger partial charge in [0.15, 0.2) is 0 Å². The van der Waals surface area contributed by atoms with Crippen molar-refractivity contribution >= 4 is 33.1 Å². The van der Waals surface area contributed by atoms with Gasteiger partial charge >= 0.3 is 0 Å². The fourth-order valence-corrected chi connectivity index (χ4v) is 4.34. The molecule has 0 bridgehead atoms. The minimum atomic E-state index is -3.76. The van der Waals surface area contributed by atoms with Crippen molar-refractivity contribution in [1.29, 1.82) is 0 Å². The van der Waals surface area contributed by atoms with Gasteiger partial charge in [-0.3, -0.25) is 9.12 Å². The number of nitrogens with zero attached hydrogens (tertiary/aromatic N) is 3. The number of aryl methyl sites for hydroxylation is 1. The zero-order chi connectivity index (χ0) is 19.0. The van der Waals surface area contributed by atoms with E-state index in [2.05, 4.69) is 14.7 Å². The van der Waals surface area contributed by atoms with Crippen LogP contribution in [0.3, 0.4) is 0 Å². The Morgan fingerprint density at radius 1 is 1.11 bits per heavy atom. The van der Waals surface area contributed by atoms with Crippen molar-refractivity contribution in [2.75, 3.05) is 4.72 Å². The quantitative estimate of drug-likeness (QED) is 0.560. The van der Waals surface area contributed by atoms with Gasteiger partial charge in [0.1, 0.15) is 0 Å². The molecule has 2 aromatic carbocycles. The van der Waals surface area contributed by atoms with Gasteiger partial charge in [-0.1, -0.05) is 29.8 Å². The Morgan fingerprint density at radius 2 is 1.96 bits per heavy atom. The number of hydrogen-bond acceptors (Lipinski definition) is 4. The number of imidazole rings is 1. The van der Waals surface area contributed by atoms with Crippen LogP contribution in [0.2, 0.25) is 5.02 Å². The molecule has 0 aliphatic carbocycles. The molecule has 2 heterocycles. The third-order valence-electron chi connectivity index (χ3n) is 4.09. The van der Waals surface area contributed by atoms with Gasteiger partial charge < -0.3 is 0 Å². The molecule has 0 saturated heterocycles. The molecular formula is C19H15ClN4O2S. The lowest BCUT2D eigenvalue weighted by atomic mass is 10.1. The third kappa shape index (κ3) is 3.51. The Kier molecular flexibility index (Phi) is 4.33. The topological polar surface area (TPSA) is 76.4 Å². The third-order valence-corrected chi connectivity index (χ3v) is 5.84. The molecule has 0 aliphatic rings. The average Bonchev–Trinajstić information content (AvgIpc) is 3.08. The van der Waals surface area contributed by atoms with E-state index in [1.54, 1.807) is 43.5 Å². The number of nitrogens with one attached hydrogen (secondary N) is 1. The number of benzene rings is 2. The van der Waals surface area contributed by atoms with Gasteiger partial charge in [0.25, 0.3) is 10.0 Å². The van der Waals surface area contributed by atoms with Gasteiger partial charge in [0.05, 0.1) is 10.6 Å². The van der Waals surface area contributed by atoms with Gasteiger partial charge in [0, 0.05) is 34.9 Å². The van der Waals surface area contributed by atoms with Crippen LogP contribution in [0.4, 0.5) is 5.69 Å². The fourth-order valence-electron chi connectivity index (χ4n) is 2.78. The summed E-state index contributed by atoms with van der Waals surface area (Å²) in [5, 5.41) is 0.368. The molecule has 8 heteroatoms. The number of anilines is 1. The first-order valence-corrected chi connectivity index (χ1v) is 9.98. The molecule has 0 fully saturated rings. The normalized spacial score (nSPS) is 11.6. The Bertz CT molecular complexity index is 1220. The van der Waals surface area contributed by atoms with Crippen molar-refractivity contribution in [2.24, 2.45) is 0 Å². The van der Waals surface area contributed by atoms with Crippen LogP contribution in [0.1, 0.15) is 5.56 Å². The van der Waals surface area contributed by atoms with E-state index in [9.17, 15) is 8.42 Å². The van der Waals surface area contributed by atoms with Crippen LogP contribution in [-0.2, 0) is 10.0 Å². The van der Waals surface area contributed by atoms with Gasteiger partial charge in [-0.15, -0.1) is 0 Å². The standard InChI is InChI=1S/C19H15ClN4O2S/c1-13-6-7-15(20)11-18(13)27(25,26)23-16-5-2-4-14(10-16)17-12-24-9-3-8-21-19(24)22-17/h2-12,23H,1H3. The highest BCUT2D eigenvalue weighted by atomic mass is 35.5. The lowest BCUT2D eigenvalue weighted by Gasteiger charge is -2.11. The van der Waals surface area contributed by atoms with Gasteiger partial charge in [-0.05, 0) is 42.8 Å². The summed E-state index contributed by atoms with van der Waals surface area (Å²) < 4.78 is 29.9. The van der Waals surface area contributed by atoms with Crippen LogP contribution in [0, 0.1) is 6.92 Å². The second kappa shape index (κ2) is 6.68. The first kappa shape index (κ1) is 17.5. The molecule has 0 radical (unpaired) electrons. The molecule has 2 aromatic heterocycles. The maximum atomic E-state index is 12.8. The molecule has 6 nitrogen and oxygen atoms in total. The van der Waals surface area contributed by atoms with Crippen molar-refractivity contribution in [3.63, 3.8) is 0 Å². The van der Waals surface area contributed by atoms with Crippen molar-refractivity contribution in [3.8, 4) is 11.3 Å². The van der Waals surface area contributed by atoms with Crippen LogP contribution < -0.4 is 4.72 Å². The van der Waals surface area contributed by atoms with E-state index in [1.165, 1.54) is 6.07 Å². The van der Waals surface area contributed by atoms with Crippen molar-refractivity contribution in [2.45, 2.75) is 11.8 Å². The maximum Gasteiger partial charge on any atom is 0.262 e. The Labute approximate surface area is 161 Å². The average molecular weight is 399 g/mol. The van der Waals surface area contributed by atoms with E-state index in [-0.39, 0.29) is 4.90 Å². The molecule has 0 spiro atoms. The van der Waals surface area contributed by atoms with Gasteiger partial charge in [0.2, 0.25) is 5.78 Å². The van der Waals surface area contributed by atoms with Crippen molar-refractivity contribution in [1.82, 2.24) is 14.4 Å². The van der Waals surface area contributed by atoms with Crippen LogP contribution in [0.25, 0.3) is 17.0 Å². The molecule has 4 aromatic rings. The van der Waals surface area contributed by atoms with E-state index >= 15 is 0 Å². The predicted octanol–water partition coefficient (Wildman–Crippen LogP) is 4.16. The van der Waals surface area contributed by atoms with Crippen LogP contribution in [-0.4, -0.2) is 22.8 Å². The number of halogens is 1. The van der Waals surface area contributed by atoms with Gasteiger partial charge in [-0.2, -0.15) is 0 Å². The maximum absolute atomic E-state index is 12.8. The summed E-state index contributed by atoms with van der Waals surface area (Å²) in [5.74, 6) is 0.577. The summed E-state index contributed by atoms with van der Waals surface area (Å²) in [6, 6.07) is 13.7. The number of hydrogen-bond donors (Lipinski definition) is 1. The molecule has 0 amide bonds. The minimum Gasteiger partial charge on any atom is -0.291 e. The van der Waals surface area contributed by atoms with Crippen molar-refractivity contribution in [3.05, 3.63) is 77.7 Å². The van der Waals surface area contributed by atoms with Crippen molar-refractivity contribution < 1.29 is 8.42 Å². The lowest BCUT2D eigenvalue weighted by molar-refractivity contribution is 0.600. The minimum absolute atomic E-state index is 0.150. The monoisotopic (exact) mass is 398 g/mol. The Balaban J connectivity index is 1.69. The molecule has 0 saturated carbocycles. The summed E-state index contributed by atoms with van der Waals surface area (Å²) in [6.07, 6.45) is 5.37. The number of fused-ring (bicyclic) bond motifs is 1. The Morgan fingerprint density at radius 3 is 2.78 bits per heavy atom. The van der Waals surface area contributed by atoms with E-state index in [4.69, 9.17) is 11.6 Å².